The van der Waals surface area contributed by atoms with Crippen molar-refractivity contribution in [1.82, 2.24) is 14.8 Å². The number of ether oxygens (including phenoxy) is 2. The number of benzene rings is 1. The van der Waals surface area contributed by atoms with Crippen molar-refractivity contribution in [3.05, 3.63) is 35.0 Å². The summed E-state index contributed by atoms with van der Waals surface area (Å²) < 4.78 is 14.0. The zero-order chi connectivity index (χ0) is 27.9. The minimum absolute atomic E-state index is 0.0238. The molecule has 3 atom stereocenters. The summed E-state index contributed by atoms with van der Waals surface area (Å²) in [5, 5.41) is 4.14. The quantitative estimate of drug-likeness (QED) is 0.533. The van der Waals surface area contributed by atoms with Gasteiger partial charge in [-0.15, -0.1) is 0 Å². The van der Waals surface area contributed by atoms with Crippen LogP contribution in [-0.4, -0.2) is 56.2 Å². The van der Waals surface area contributed by atoms with Crippen molar-refractivity contribution >= 4 is 34.9 Å². The van der Waals surface area contributed by atoms with Gasteiger partial charge in [0, 0.05) is 40.9 Å². The van der Waals surface area contributed by atoms with Crippen LogP contribution in [0.5, 0.6) is 5.75 Å². The van der Waals surface area contributed by atoms with Crippen molar-refractivity contribution in [2.24, 2.45) is 5.92 Å². The number of carbonyl (C=O) groups is 3. The van der Waals surface area contributed by atoms with E-state index in [4.69, 9.17) is 9.47 Å². The molecule has 1 aromatic heterocycles. The van der Waals surface area contributed by atoms with E-state index in [1.54, 1.807) is 4.57 Å². The smallest absolute Gasteiger partial charge is 0.419 e. The Morgan fingerprint density at radius 1 is 1.15 bits per heavy atom. The van der Waals surface area contributed by atoms with E-state index in [9.17, 15) is 14.4 Å². The zero-order valence-electron chi connectivity index (χ0n) is 23.9. The molecule has 2 spiro atoms. The lowest BCUT2D eigenvalue weighted by atomic mass is 9.51. The van der Waals surface area contributed by atoms with E-state index in [0.717, 1.165) is 34.1 Å². The average molecular weight is 532 g/mol. The molecular formula is C31H37N3O5. The summed E-state index contributed by atoms with van der Waals surface area (Å²) >= 11 is 0. The van der Waals surface area contributed by atoms with E-state index in [1.165, 1.54) is 0 Å². The van der Waals surface area contributed by atoms with E-state index in [-0.39, 0.29) is 17.7 Å². The van der Waals surface area contributed by atoms with Crippen LogP contribution in [0.3, 0.4) is 0 Å². The van der Waals surface area contributed by atoms with Crippen molar-refractivity contribution in [3.8, 4) is 5.75 Å². The first-order valence-corrected chi connectivity index (χ1v) is 14.1. The number of hydrogen-bond donors (Lipinski definition) is 1. The van der Waals surface area contributed by atoms with Gasteiger partial charge >= 0.3 is 6.09 Å². The lowest BCUT2D eigenvalue weighted by Crippen LogP contribution is -2.84. The molecule has 4 fully saturated rings. The summed E-state index contributed by atoms with van der Waals surface area (Å²) in [6, 6.07) is 3.95. The highest BCUT2D eigenvalue weighted by atomic mass is 16.6. The summed E-state index contributed by atoms with van der Waals surface area (Å²) in [6.07, 6.45) is 6.04. The fourth-order valence-corrected chi connectivity index (χ4v) is 8.28. The lowest BCUT2D eigenvalue weighted by molar-refractivity contribution is -0.179. The number of piperidine rings is 2. The van der Waals surface area contributed by atoms with Crippen LogP contribution in [0.2, 0.25) is 0 Å². The largest absolute Gasteiger partial charge is 0.483 e. The van der Waals surface area contributed by atoms with Gasteiger partial charge in [-0.25, -0.2) is 9.36 Å². The van der Waals surface area contributed by atoms with Crippen molar-refractivity contribution in [2.45, 2.75) is 102 Å². The predicted octanol–water partition coefficient (Wildman–Crippen LogP) is 4.69. The molecule has 0 radical (unpaired) electrons. The number of fused-ring (bicyclic) bond motifs is 6. The molecule has 8 nitrogen and oxygen atoms in total. The lowest BCUT2D eigenvalue weighted by Gasteiger charge is -2.64. The van der Waals surface area contributed by atoms with Crippen LogP contribution < -0.4 is 10.1 Å². The molecule has 2 amide bonds. The third-order valence-corrected chi connectivity index (χ3v) is 9.78. The molecule has 2 bridgehead atoms. The third kappa shape index (κ3) is 2.98. The Morgan fingerprint density at radius 3 is 2.62 bits per heavy atom. The monoisotopic (exact) mass is 531 g/mol. The fraction of sp³-hybridized carbons (Fsp3) is 0.581. The van der Waals surface area contributed by atoms with Crippen LogP contribution in [0.4, 0.5) is 4.79 Å². The SMILES string of the molecule is CC(C)(C)OC(=O)n1c2c(c3ccc4c(c31)C=CC(C)(C)O4)C[C@]13NC(=O)[C@@]4(CCCN4C1=O)C[C@@H]3C2(C)C. The number of nitrogens with one attached hydrogen (secondary N) is 1. The first kappa shape index (κ1) is 24.7. The van der Waals surface area contributed by atoms with E-state index >= 15 is 0 Å². The molecule has 0 saturated carbocycles. The molecule has 39 heavy (non-hydrogen) atoms. The maximum atomic E-state index is 14.2. The third-order valence-electron chi connectivity index (χ3n) is 9.78. The van der Waals surface area contributed by atoms with E-state index < -0.39 is 33.8 Å². The highest BCUT2D eigenvalue weighted by Gasteiger charge is 2.73. The number of amides is 2. The molecule has 8 heteroatoms. The minimum Gasteiger partial charge on any atom is -0.483 e. The zero-order valence-corrected chi connectivity index (χ0v) is 23.9. The van der Waals surface area contributed by atoms with Gasteiger partial charge < -0.3 is 19.7 Å². The molecule has 2 aromatic rings. The molecule has 0 unspecified atom stereocenters. The van der Waals surface area contributed by atoms with Crippen molar-refractivity contribution < 1.29 is 23.9 Å². The van der Waals surface area contributed by atoms with E-state index in [0.29, 0.717) is 31.6 Å². The number of aromatic nitrogens is 1. The molecule has 6 aliphatic rings. The molecular weight excluding hydrogens is 494 g/mol. The Balaban J connectivity index is 1.53. The summed E-state index contributed by atoms with van der Waals surface area (Å²) in [6.45, 7) is 14.5. The van der Waals surface area contributed by atoms with Gasteiger partial charge in [-0.1, -0.05) is 13.8 Å². The number of piperazine rings is 1. The summed E-state index contributed by atoms with van der Waals surface area (Å²) in [5.74, 6) is 0.537. The molecule has 1 N–H and O–H groups in total. The molecule has 1 aromatic carbocycles. The maximum Gasteiger partial charge on any atom is 0.419 e. The van der Waals surface area contributed by atoms with Gasteiger partial charge in [-0.05, 0) is 83.7 Å². The van der Waals surface area contributed by atoms with Gasteiger partial charge in [0.25, 0.3) is 0 Å². The molecule has 1 aliphatic carbocycles. The van der Waals surface area contributed by atoms with Gasteiger partial charge in [-0.2, -0.15) is 0 Å². The Morgan fingerprint density at radius 2 is 1.90 bits per heavy atom. The normalized spacial score (nSPS) is 31.3. The highest BCUT2D eigenvalue weighted by molar-refractivity contribution is 6.07. The van der Waals surface area contributed by atoms with E-state index in [2.05, 4.69) is 19.2 Å². The molecule has 8 rings (SSSR count). The Labute approximate surface area is 228 Å². The van der Waals surface area contributed by atoms with Gasteiger partial charge in [0.05, 0.1) is 5.52 Å². The van der Waals surface area contributed by atoms with Crippen LogP contribution in [0, 0.1) is 5.92 Å². The number of rotatable bonds is 0. The fourth-order valence-electron chi connectivity index (χ4n) is 8.28. The Bertz CT molecular complexity index is 1540. The predicted molar refractivity (Wildman–Crippen MR) is 147 cm³/mol. The van der Waals surface area contributed by atoms with Crippen LogP contribution in [0.15, 0.2) is 18.2 Å². The first-order chi connectivity index (χ1) is 18.1. The minimum atomic E-state index is -1.03. The second kappa shape index (κ2) is 7.07. The summed E-state index contributed by atoms with van der Waals surface area (Å²) in [7, 11) is 0. The molecule has 4 saturated heterocycles. The van der Waals surface area contributed by atoms with Gasteiger partial charge in [-0.3, -0.25) is 9.59 Å². The maximum absolute atomic E-state index is 14.2. The Hall–Kier alpha value is -3.29. The summed E-state index contributed by atoms with van der Waals surface area (Å²) in [5.41, 5.74) is -0.265. The topological polar surface area (TPSA) is 89.9 Å². The Kier molecular flexibility index (Phi) is 4.48. The van der Waals surface area contributed by atoms with Gasteiger partial charge in [0.1, 0.15) is 28.0 Å². The summed E-state index contributed by atoms with van der Waals surface area (Å²) in [4.78, 5) is 43.7. The van der Waals surface area contributed by atoms with Gasteiger partial charge in [0.15, 0.2) is 0 Å². The molecule has 206 valence electrons. The standard InChI is InChI=1S/C31H37N3O5/c1-27(2,3)39-26(37)34-22-17(9-10-20-18(22)11-13-28(4,5)38-20)19-15-31-21(29(6,7)23(19)34)16-30(24(35)32-31)12-8-14-33(30)25(31)36/h9-11,13,21H,8,12,14-16H2,1-7H3,(H,32,35)/t21-,30-,31-/m1/s1. The second-order valence-electron chi connectivity index (χ2n) is 14.2. The van der Waals surface area contributed by atoms with Crippen LogP contribution in [0.1, 0.15) is 84.5 Å². The second-order valence-corrected chi connectivity index (χ2v) is 14.2. The van der Waals surface area contributed by atoms with Crippen molar-refractivity contribution in [1.29, 1.82) is 0 Å². The average Bonchev–Trinajstić information content (AvgIpc) is 3.39. The highest BCUT2D eigenvalue weighted by Crippen LogP contribution is 2.60. The number of carbonyl (C=O) groups excluding carboxylic acids is 3. The van der Waals surface area contributed by atoms with Crippen LogP contribution in [-0.2, 0) is 26.2 Å². The van der Waals surface area contributed by atoms with Crippen molar-refractivity contribution in [3.63, 3.8) is 0 Å². The molecule has 6 heterocycles. The first-order valence-electron chi connectivity index (χ1n) is 14.1. The number of hydrogen-bond acceptors (Lipinski definition) is 5. The van der Waals surface area contributed by atoms with E-state index in [1.807, 2.05) is 63.8 Å². The van der Waals surface area contributed by atoms with Gasteiger partial charge in [0.2, 0.25) is 11.8 Å². The molecule has 5 aliphatic heterocycles. The number of nitrogens with zero attached hydrogens (tertiary/aromatic N) is 2. The van der Waals surface area contributed by atoms with Crippen molar-refractivity contribution in [2.75, 3.05) is 6.54 Å². The van der Waals surface area contributed by atoms with Crippen LogP contribution >= 0.6 is 0 Å². The van der Waals surface area contributed by atoms with Crippen LogP contribution in [0.25, 0.3) is 17.0 Å².